The van der Waals surface area contributed by atoms with Crippen molar-refractivity contribution in [2.45, 2.75) is 115 Å². The monoisotopic (exact) mass is 625 g/mol. The van der Waals surface area contributed by atoms with Crippen LogP contribution in [0.2, 0.25) is 36.3 Å². The molecule has 9 heteroatoms. The Labute approximate surface area is 240 Å². The molecule has 1 aromatic carbocycles. The second-order valence-electron chi connectivity index (χ2n) is 13.8. The Balaban J connectivity index is 2.32. The van der Waals surface area contributed by atoms with Gasteiger partial charge in [-0.1, -0.05) is 108 Å². The lowest BCUT2D eigenvalue weighted by atomic mass is 9.77. The minimum atomic E-state index is -2.27. The molecule has 1 amide bonds. The minimum Gasteiger partial charge on any atom is -0.455 e. The fourth-order valence-electron chi connectivity index (χ4n) is 4.62. The van der Waals surface area contributed by atoms with Gasteiger partial charge in [-0.05, 0) is 41.6 Å². The topological polar surface area (TPSA) is 72.9 Å². The number of carbonyl (C=O) groups is 3. The highest BCUT2D eigenvalue weighted by molar-refractivity contribution is 9.10. The number of halogens is 1. The maximum atomic E-state index is 13.8. The predicted molar refractivity (Wildman–Crippen MR) is 162 cm³/mol. The first-order chi connectivity index (χ1) is 17.1. The summed E-state index contributed by atoms with van der Waals surface area (Å²) >= 11 is 3.54. The Morgan fingerprint density at radius 3 is 1.97 bits per heavy atom. The molecule has 1 aliphatic heterocycles. The number of amides is 1. The van der Waals surface area contributed by atoms with Gasteiger partial charge in [-0.3, -0.25) is 9.59 Å². The summed E-state index contributed by atoms with van der Waals surface area (Å²) in [4.78, 5) is 39.0. The van der Waals surface area contributed by atoms with Crippen LogP contribution in [-0.4, -0.2) is 55.8 Å². The van der Waals surface area contributed by atoms with E-state index in [1.807, 2.05) is 44.2 Å². The van der Waals surface area contributed by atoms with Crippen molar-refractivity contribution >= 4 is 50.1 Å². The standard InChI is InChI=1S/C29H48BrNO5Si2/c1-19(23(30)25(32)27(34)35-18-21-16-14-13-15-17-21)24-22(20(2)36-38(11,12)29(6,7)8)26(33)31(24)37(9,10)28(3,4)5/h13-17,19-20,22-24H,18H2,1-12H3/t19-,20+,22-,23?,24+/m0/s1. The molecule has 214 valence electrons. The quantitative estimate of drug-likeness (QED) is 0.0925. The van der Waals surface area contributed by atoms with Crippen LogP contribution in [0.3, 0.4) is 0 Å². The number of hydrogen-bond acceptors (Lipinski definition) is 5. The maximum absolute atomic E-state index is 13.8. The molecule has 1 fully saturated rings. The fraction of sp³-hybridized carbons (Fsp3) is 0.690. The molecule has 1 aliphatic rings. The highest BCUT2D eigenvalue weighted by Crippen LogP contribution is 2.49. The lowest BCUT2D eigenvalue weighted by Crippen LogP contribution is -2.77. The number of hydrogen-bond donors (Lipinski definition) is 0. The van der Waals surface area contributed by atoms with Gasteiger partial charge in [0.05, 0.1) is 16.8 Å². The number of alkyl halides is 1. The number of β-lactam (4-membered cyclic amide) rings is 1. The third-order valence-corrected chi connectivity index (χ3v) is 20.3. The van der Waals surface area contributed by atoms with Gasteiger partial charge in [-0.2, -0.15) is 0 Å². The molecule has 1 aromatic rings. The van der Waals surface area contributed by atoms with Gasteiger partial charge in [0.25, 0.3) is 5.78 Å². The van der Waals surface area contributed by atoms with E-state index in [1.165, 1.54) is 0 Å². The third-order valence-electron chi connectivity index (χ3n) is 9.08. The Morgan fingerprint density at radius 1 is 0.974 bits per heavy atom. The third kappa shape index (κ3) is 6.70. The summed E-state index contributed by atoms with van der Waals surface area (Å²) in [5.74, 6) is -2.08. The molecule has 38 heavy (non-hydrogen) atoms. The average Bonchev–Trinajstić information content (AvgIpc) is 2.78. The molecule has 1 heterocycles. The van der Waals surface area contributed by atoms with E-state index in [2.05, 4.69) is 88.2 Å². The molecular formula is C29H48BrNO5Si2. The zero-order chi connectivity index (χ0) is 29.4. The van der Waals surface area contributed by atoms with Crippen molar-refractivity contribution in [3.05, 3.63) is 35.9 Å². The molecule has 5 atom stereocenters. The van der Waals surface area contributed by atoms with Crippen LogP contribution in [0.15, 0.2) is 30.3 Å². The number of nitrogens with zero attached hydrogens (tertiary/aromatic N) is 1. The van der Waals surface area contributed by atoms with Crippen LogP contribution in [0.4, 0.5) is 0 Å². The molecule has 2 rings (SSSR count). The largest absolute Gasteiger partial charge is 0.455 e. The summed E-state index contributed by atoms with van der Waals surface area (Å²) in [6, 6.07) is 9.06. The summed E-state index contributed by atoms with van der Waals surface area (Å²) in [7, 11) is -4.40. The average molecular weight is 627 g/mol. The lowest BCUT2D eigenvalue weighted by Gasteiger charge is -2.62. The Hall–Kier alpha value is -1.30. The maximum Gasteiger partial charge on any atom is 0.376 e. The van der Waals surface area contributed by atoms with E-state index in [0.29, 0.717) is 0 Å². The molecule has 0 spiro atoms. The SMILES string of the molecule is C[C@@H](O[Si](C)(C)C(C)(C)C)[C@@H]1C(=O)N([Si](C)(C)C(C)(C)C)[C@@H]1[C@@H](C)C(Br)C(=O)C(=O)OCc1ccccc1. The first-order valence-electron chi connectivity index (χ1n) is 13.5. The molecule has 0 aliphatic carbocycles. The Bertz CT molecular complexity index is 1020. The smallest absolute Gasteiger partial charge is 0.376 e. The van der Waals surface area contributed by atoms with E-state index in [0.717, 1.165) is 5.56 Å². The van der Waals surface area contributed by atoms with Crippen LogP contribution < -0.4 is 0 Å². The first kappa shape index (κ1) is 32.9. The molecule has 0 bridgehead atoms. The van der Waals surface area contributed by atoms with Crippen LogP contribution in [0.25, 0.3) is 0 Å². The van der Waals surface area contributed by atoms with Crippen LogP contribution >= 0.6 is 15.9 Å². The van der Waals surface area contributed by atoms with Crippen LogP contribution in [0.5, 0.6) is 0 Å². The van der Waals surface area contributed by atoms with Crippen LogP contribution in [0, 0.1) is 11.8 Å². The minimum absolute atomic E-state index is 0.00468. The van der Waals surface area contributed by atoms with Crippen molar-refractivity contribution in [2.24, 2.45) is 11.8 Å². The molecule has 1 unspecified atom stereocenters. The van der Waals surface area contributed by atoms with Gasteiger partial charge < -0.3 is 13.7 Å². The van der Waals surface area contributed by atoms with Gasteiger partial charge in [0.2, 0.25) is 5.91 Å². The van der Waals surface area contributed by atoms with E-state index in [-0.39, 0.29) is 46.6 Å². The van der Waals surface area contributed by atoms with Gasteiger partial charge in [0.15, 0.2) is 16.6 Å². The van der Waals surface area contributed by atoms with Crippen molar-refractivity contribution in [2.75, 3.05) is 0 Å². The van der Waals surface area contributed by atoms with Crippen molar-refractivity contribution in [3.63, 3.8) is 0 Å². The van der Waals surface area contributed by atoms with E-state index in [9.17, 15) is 14.4 Å². The molecule has 6 nitrogen and oxygen atoms in total. The summed E-state index contributed by atoms with van der Waals surface area (Å²) in [5, 5.41) is -0.0692. The highest BCUT2D eigenvalue weighted by Gasteiger charge is 2.62. The zero-order valence-corrected chi connectivity index (χ0v) is 28.9. The molecule has 0 radical (unpaired) electrons. The summed E-state index contributed by atoms with van der Waals surface area (Å²) in [5.41, 5.74) is 0.818. The van der Waals surface area contributed by atoms with Gasteiger partial charge >= 0.3 is 5.97 Å². The van der Waals surface area contributed by atoms with Crippen molar-refractivity contribution in [1.82, 2.24) is 4.57 Å². The molecule has 0 aromatic heterocycles. The normalized spacial score (nSPS) is 21.4. The van der Waals surface area contributed by atoms with Crippen molar-refractivity contribution < 1.29 is 23.5 Å². The molecule has 0 saturated carbocycles. The zero-order valence-electron chi connectivity index (χ0n) is 25.3. The summed E-state index contributed by atoms with van der Waals surface area (Å²) in [6.45, 7) is 25.9. The van der Waals surface area contributed by atoms with Gasteiger partial charge in [-0.25, -0.2) is 4.79 Å². The lowest BCUT2D eigenvalue weighted by molar-refractivity contribution is -0.160. The number of esters is 1. The van der Waals surface area contributed by atoms with Gasteiger partial charge in [-0.15, -0.1) is 0 Å². The number of ether oxygens (including phenoxy) is 1. The second-order valence-corrected chi connectivity index (χ2v) is 24.6. The summed E-state index contributed by atoms with van der Waals surface area (Å²) in [6.07, 6.45) is -0.295. The van der Waals surface area contributed by atoms with Crippen molar-refractivity contribution in [1.29, 1.82) is 0 Å². The van der Waals surface area contributed by atoms with Crippen LogP contribution in [-0.2, 0) is 30.2 Å². The predicted octanol–water partition coefficient (Wildman–Crippen LogP) is 6.94. The van der Waals surface area contributed by atoms with Gasteiger partial charge in [0, 0.05) is 6.04 Å². The van der Waals surface area contributed by atoms with E-state index >= 15 is 0 Å². The van der Waals surface area contributed by atoms with Gasteiger partial charge in [0.1, 0.15) is 6.61 Å². The Kier molecular flexibility index (Phi) is 10.1. The van der Waals surface area contributed by atoms with Crippen LogP contribution in [0.1, 0.15) is 61.0 Å². The van der Waals surface area contributed by atoms with E-state index in [1.54, 1.807) is 0 Å². The number of ketones is 1. The first-order valence-corrected chi connectivity index (χ1v) is 20.3. The summed E-state index contributed by atoms with van der Waals surface area (Å²) < 4.78 is 14.1. The Morgan fingerprint density at radius 2 is 1.50 bits per heavy atom. The number of Topliss-reactive ketones (excluding diaryl/α,β-unsaturated/α-hetero) is 1. The number of carbonyl (C=O) groups excluding carboxylic acids is 3. The molecule has 0 N–H and O–H groups in total. The molecule has 1 saturated heterocycles. The molecular weight excluding hydrogens is 578 g/mol. The highest BCUT2D eigenvalue weighted by atomic mass is 79.9. The number of rotatable bonds is 10. The van der Waals surface area contributed by atoms with Crippen molar-refractivity contribution in [3.8, 4) is 0 Å². The second kappa shape index (κ2) is 11.7. The van der Waals surface area contributed by atoms with E-state index in [4.69, 9.17) is 9.16 Å². The number of benzene rings is 1. The van der Waals surface area contributed by atoms with E-state index < -0.39 is 33.1 Å². The fourth-order valence-corrected chi connectivity index (χ4v) is 9.11.